The van der Waals surface area contributed by atoms with Crippen LogP contribution in [0.1, 0.15) is 29.2 Å². The third-order valence-corrected chi connectivity index (χ3v) is 6.64. The minimum absolute atomic E-state index is 0.0374. The Labute approximate surface area is 155 Å². The van der Waals surface area contributed by atoms with Crippen LogP contribution in [0, 0.1) is 5.92 Å². The zero-order valence-electron chi connectivity index (χ0n) is 14.4. The van der Waals surface area contributed by atoms with Crippen molar-refractivity contribution in [3.8, 4) is 11.5 Å². The predicted octanol–water partition coefficient (Wildman–Crippen LogP) is 5.99. The summed E-state index contributed by atoms with van der Waals surface area (Å²) in [7, 11) is 2.09. The Morgan fingerprint density at radius 2 is 1.77 bits per heavy atom. The van der Waals surface area contributed by atoms with E-state index in [1.165, 1.54) is 12.1 Å². The fraction of sp³-hybridized carbons (Fsp3) is 0.400. The van der Waals surface area contributed by atoms with Gasteiger partial charge in [0.1, 0.15) is 11.5 Å². The van der Waals surface area contributed by atoms with Crippen molar-refractivity contribution in [3.63, 3.8) is 0 Å². The van der Waals surface area contributed by atoms with Crippen molar-refractivity contribution in [1.82, 2.24) is 4.90 Å². The number of ether oxygens (including phenoxy) is 1. The van der Waals surface area contributed by atoms with Gasteiger partial charge in [0.05, 0.1) is 10.5 Å². The molecule has 2 aromatic rings. The van der Waals surface area contributed by atoms with Crippen molar-refractivity contribution in [1.29, 1.82) is 0 Å². The highest BCUT2D eigenvalue weighted by atomic mass is 32.2. The predicted molar refractivity (Wildman–Crippen MR) is 96.8 cm³/mol. The summed E-state index contributed by atoms with van der Waals surface area (Å²) in [5.74, 6) is 1.58. The number of benzene rings is 2. The van der Waals surface area contributed by atoms with Crippen LogP contribution in [0.15, 0.2) is 47.4 Å². The van der Waals surface area contributed by atoms with E-state index in [0.717, 1.165) is 36.9 Å². The van der Waals surface area contributed by atoms with Crippen molar-refractivity contribution in [2.24, 2.45) is 5.92 Å². The molecule has 6 heteroatoms. The third kappa shape index (κ3) is 3.45. The van der Waals surface area contributed by atoms with E-state index < -0.39 is 11.7 Å². The molecule has 0 saturated carbocycles. The van der Waals surface area contributed by atoms with Crippen molar-refractivity contribution >= 4 is 11.8 Å². The maximum absolute atomic E-state index is 13.3. The van der Waals surface area contributed by atoms with Gasteiger partial charge < -0.3 is 9.64 Å². The Kier molecular flexibility index (Phi) is 4.65. The highest BCUT2D eigenvalue weighted by Gasteiger charge is 2.36. The topological polar surface area (TPSA) is 12.5 Å². The average Bonchev–Trinajstić information content (AvgIpc) is 2.77. The molecule has 2 aliphatic heterocycles. The number of hydrogen-bond donors (Lipinski definition) is 0. The molecular formula is C20H20F3NOS. The molecule has 0 aliphatic carbocycles. The number of fused-ring (bicyclic) bond motifs is 2. The van der Waals surface area contributed by atoms with Gasteiger partial charge >= 0.3 is 6.18 Å². The van der Waals surface area contributed by atoms with Crippen LogP contribution in [0.25, 0.3) is 0 Å². The quantitative estimate of drug-likeness (QED) is 0.604. The number of piperidine rings is 1. The van der Waals surface area contributed by atoms with Crippen molar-refractivity contribution in [2.75, 3.05) is 20.1 Å². The zero-order chi connectivity index (χ0) is 18.3. The number of thioether (sulfide) groups is 1. The molecule has 138 valence electrons. The van der Waals surface area contributed by atoms with Gasteiger partial charge in [-0.3, -0.25) is 0 Å². The summed E-state index contributed by atoms with van der Waals surface area (Å²) in [6, 6.07) is 11.6. The highest BCUT2D eigenvalue weighted by molar-refractivity contribution is 7.99. The second-order valence-electron chi connectivity index (χ2n) is 6.98. The lowest BCUT2D eigenvalue weighted by Crippen LogP contribution is -2.32. The first-order valence-corrected chi connectivity index (χ1v) is 9.63. The van der Waals surface area contributed by atoms with E-state index in [9.17, 15) is 13.2 Å². The van der Waals surface area contributed by atoms with Gasteiger partial charge in [0.25, 0.3) is 0 Å². The average molecular weight is 379 g/mol. The molecule has 0 aromatic heterocycles. The fourth-order valence-electron chi connectivity index (χ4n) is 3.67. The number of likely N-dealkylation sites (tertiary alicyclic amines) is 1. The summed E-state index contributed by atoms with van der Waals surface area (Å²) >= 11 is 1.64. The SMILES string of the molecule is CN1CCC([C@@H]2Sc3ccccc3Oc3ccc(C(F)(F)F)cc32)CC1. The number of hydrogen-bond acceptors (Lipinski definition) is 3. The van der Waals surface area contributed by atoms with Crippen LogP contribution >= 0.6 is 11.8 Å². The maximum Gasteiger partial charge on any atom is 0.416 e. The highest BCUT2D eigenvalue weighted by Crippen LogP contribution is 2.53. The minimum Gasteiger partial charge on any atom is -0.456 e. The molecule has 0 radical (unpaired) electrons. The van der Waals surface area contributed by atoms with Crippen LogP contribution in [0.4, 0.5) is 13.2 Å². The van der Waals surface area contributed by atoms with Crippen LogP contribution in [0.3, 0.4) is 0 Å². The first-order chi connectivity index (χ1) is 12.4. The summed E-state index contributed by atoms with van der Waals surface area (Å²) < 4.78 is 45.9. The number of para-hydroxylation sites is 1. The van der Waals surface area contributed by atoms with Gasteiger partial charge in [-0.25, -0.2) is 0 Å². The van der Waals surface area contributed by atoms with Crippen LogP contribution in [-0.4, -0.2) is 25.0 Å². The standard InChI is InChI=1S/C20H20F3NOS/c1-24-10-8-13(9-11-24)19-15-12-14(20(21,22)23)6-7-16(15)25-17-4-2-3-5-18(17)26-19/h2-7,12-13,19H,8-11H2,1H3/t19-/m0/s1. The second kappa shape index (κ2) is 6.82. The summed E-state index contributed by atoms with van der Waals surface area (Å²) in [5.41, 5.74) is 0.0555. The molecule has 2 aromatic carbocycles. The first kappa shape index (κ1) is 17.7. The van der Waals surface area contributed by atoms with Crippen molar-refractivity contribution < 1.29 is 17.9 Å². The van der Waals surface area contributed by atoms with Gasteiger partial charge in [-0.1, -0.05) is 12.1 Å². The smallest absolute Gasteiger partial charge is 0.416 e. The van der Waals surface area contributed by atoms with E-state index in [1.807, 2.05) is 24.3 Å². The molecule has 1 atom stereocenters. The number of alkyl halides is 3. The van der Waals surface area contributed by atoms with Crippen molar-refractivity contribution in [3.05, 3.63) is 53.6 Å². The monoisotopic (exact) mass is 379 g/mol. The lowest BCUT2D eigenvalue weighted by Gasteiger charge is -2.34. The number of rotatable bonds is 1. The summed E-state index contributed by atoms with van der Waals surface area (Å²) in [5, 5.41) is -0.0374. The summed E-state index contributed by atoms with van der Waals surface area (Å²) in [6.07, 6.45) is -2.39. The molecule has 0 amide bonds. The van der Waals surface area contributed by atoms with E-state index in [2.05, 4.69) is 11.9 Å². The molecule has 2 heterocycles. The molecule has 2 nitrogen and oxygen atoms in total. The second-order valence-corrected chi connectivity index (χ2v) is 8.16. The number of nitrogens with zero attached hydrogens (tertiary/aromatic N) is 1. The van der Waals surface area contributed by atoms with E-state index in [4.69, 9.17) is 4.74 Å². The van der Waals surface area contributed by atoms with Gasteiger partial charge in [0, 0.05) is 10.8 Å². The minimum atomic E-state index is -4.35. The van der Waals surface area contributed by atoms with E-state index in [1.54, 1.807) is 11.8 Å². The Hall–Kier alpha value is -1.66. The Balaban J connectivity index is 1.78. The van der Waals surface area contributed by atoms with Crippen molar-refractivity contribution in [2.45, 2.75) is 29.2 Å². The molecule has 0 bridgehead atoms. The normalized spacial score (nSPS) is 21.5. The summed E-state index contributed by atoms with van der Waals surface area (Å²) in [4.78, 5) is 3.26. The van der Waals surface area contributed by atoms with Gasteiger partial charge in [-0.2, -0.15) is 13.2 Å². The van der Waals surface area contributed by atoms with Crippen LogP contribution in [-0.2, 0) is 6.18 Å². The molecular weight excluding hydrogens is 359 g/mol. The van der Waals surface area contributed by atoms with Gasteiger partial charge in [0.2, 0.25) is 0 Å². The molecule has 0 unspecified atom stereocenters. The van der Waals surface area contributed by atoms with E-state index in [0.29, 0.717) is 23.0 Å². The zero-order valence-corrected chi connectivity index (χ0v) is 15.2. The van der Waals surface area contributed by atoms with Crippen LogP contribution in [0.5, 0.6) is 11.5 Å². The number of halogens is 3. The summed E-state index contributed by atoms with van der Waals surface area (Å²) in [6.45, 7) is 1.94. The Morgan fingerprint density at radius 1 is 1.04 bits per heavy atom. The molecule has 26 heavy (non-hydrogen) atoms. The van der Waals surface area contributed by atoms with Gasteiger partial charge in [-0.05, 0) is 69.2 Å². The maximum atomic E-state index is 13.3. The fourth-order valence-corrected chi connectivity index (χ4v) is 5.10. The lowest BCUT2D eigenvalue weighted by molar-refractivity contribution is -0.137. The first-order valence-electron chi connectivity index (χ1n) is 8.75. The Morgan fingerprint density at radius 3 is 2.50 bits per heavy atom. The Bertz CT molecular complexity index is 800. The van der Waals surface area contributed by atoms with Crippen LogP contribution in [0.2, 0.25) is 0 Å². The molecule has 0 N–H and O–H groups in total. The molecule has 4 rings (SSSR count). The molecule has 2 aliphatic rings. The van der Waals surface area contributed by atoms with Gasteiger partial charge in [0.15, 0.2) is 0 Å². The molecule has 1 saturated heterocycles. The third-order valence-electron chi connectivity index (χ3n) is 5.16. The largest absolute Gasteiger partial charge is 0.456 e. The van der Waals surface area contributed by atoms with Crippen LogP contribution < -0.4 is 4.74 Å². The van der Waals surface area contributed by atoms with E-state index >= 15 is 0 Å². The van der Waals surface area contributed by atoms with E-state index in [-0.39, 0.29) is 5.25 Å². The lowest BCUT2D eigenvalue weighted by atomic mass is 9.88. The van der Waals surface area contributed by atoms with Gasteiger partial charge in [-0.15, -0.1) is 11.8 Å². The molecule has 1 fully saturated rings. The molecule has 0 spiro atoms.